The zero-order valence-corrected chi connectivity index (χ0v) is 16.6. The molecule has 6 heteroatoms. The lowest BCUT2D eigenvalue weighted by Crippen LogP contribution is -2.17. The van der Waals surface area contributed by atoms with Crippen LogP contribution in [0.25, 0.3) is 0 Å². The molecule has 0 heterocycles. The number of carbonyl (C=O) groups excluding carboxylic acids is 1. The molecule has 3 aromatic carbocycles. The summed E-state index contributed by atoms with van der Waals surface area (Å²) in [5.74, 6) is 0.557. The first-order valence-corrected chi connectivity index (χ1v) is 9.90. The second kappa shape index (κ2) is 9.60. The summed E-state index contributed by atoms with van der Waals surface area (Å²) < 4.78 is 0. The predicted octanol–water partition coefficient (Wildman–Crippen LogP) is 6.05. The second-order valence-corrected chi connectivity index (χ2v) is 7.62. The maximum absolute atomic E-state index is 12.2. The van der Waals surface area contributed by atoms with Gasteiger partial charge in [-0.25, -0.2) is 5.43 Å². The van der Waals surface area contributed by atoms with Crippen molar-refractivity contribution in [3.05, 3.63) is 99.5 Å². The van der Waals surface area contributed by atoms with Crippen LogP contribution in [0.4, 0.5) is 0 Å². The molecule has 0 aromatic heterocycles. The van der Waals surface area contributed by atoms with Gasteiger partial charge in [0, 0.05) is 26.3 Å². The van der Waals surface area contributed by atoms with Crippen LogP contribution in [0, 0.1) is 0 Å². The highest BCUT2D eigenvalue weighted by atomic mass is 35.5. The minimum atomic E-state index is -0.259. The van der Waals surface area contributed by atoms with E-state index in [0.717, 1.165) is 26.8 Å². The summed E-state index contributed by atoms with van der Waals surface area (Å²) in [5.41, 5.74) is 5.02. The molecule has 1 N–H and O–H groups in total. The molecule has 0 aliphatic carbocycles. The monoisotopic (exact) mass is 414 g/mol. The number of benzene rings is 3. The van der Waals surface area contributed by atoms with Gasteiger partial charge in [-0.1, -0.05) is 47.5 Å². The van der Waals surface area contributed by atoms with E-state index >= 15 is 0 Å². The molecule has 1 amide bonds. The van der Waals surface area contributed by atoms with Gasteiger partial charge >= 0.3 is 0 Å². The molecule has 0 spiro atoms. The molecule has 0 radical (unpaired) electrons. The molecule has 27 heavy (non-hydrogen) atoms. The van der Waals surface area contributed by atoms with Gasteiger partial charge in [-0.15, -0.1) is 11.8 Å². The molecule has 0 aliphatic heterocycles. The molecule has 0 aliphatic rings. The number of carbonyl (C=O) groups is 1. The minimum absolute atomic E-state index is 0.259. The van der Waals surface area contributed by atoms with Crippen LogP contribution in [0.5, 0.6) is 0 Å². The molecular weight excluding hydrogens is 399 g/mol. The fourth-order valence-electron chi connectivity index (χ4n) is 2.27. The Morgan fingerprint density at radius 1 is 0.963 bits per heavy atom. The molecular formula is C21H16Cl2N2OS. The highest BCUT2D eigenvalue weighted by Gasteiger charge is 2.04. The van der Waals surface area contributed by atoms with E-state index in [2.05, 4.69) is 10.5 Å². The number of hydrazone groups is 1. The van der Waals surface area contributed by atoms with Crippen molar-refractivity contribution in [1.29, 1.82) is 0 Å². The summed E-state index contributed by atoms with van der Waals surface area (Å²) in [6.45, 7) is 0. The Morgan fingerprint density at radius 2 is 1.70 bits per heavy atom. The van der Waals surface area contributed by atoms with Gasteiger partial charge in [-0.3, -0.25) is 4.79 Å². The van der Waals surface area contributed by atoms with E-state index < -0.39 is 0 Å². The van der Waals surface area contributed by atoms with Crippen molar-refractivity contribution < 1.29 is 4.79 Å². The Hall–Kier alpha value is -2.27. The van der Waals surface area contributed by atoms with Gasteiger partial charge in [0.05, 0.1) is 6.21 Å². The third kappa shape index (κ3) is 6.14. The van der Waals surface area contributed by atoms with Crippen LogP contribution in [-0.2, 0) is 5.75 Å². The largest absolute Gasteiger partial charge is 0.271 e. The predicted molar refractivity (Wildman–Crippen MR) is 114 cm³/mol. The first kappa shape index (κ1) is 19.5. The van der Waals surface area contributed by atoms with Crippen molar-refractivity contribution in [2.45, 2.75) is 10.6 Å². The highest BCUT2D eigenvalue weighted by Crippen LogP contribution is 2.24. The van der Waals surface area contributed by atoms with E-state index in [1.165, 1.54) is 0 Å². The average molecular weight is 415 g/mol. The number of thioether (sulfide) groups is 1. The van der Waals surface area contributed by atoms with E-state index in [-0.39, 0.29) is 5.91 Å². The minimum Gasteiger partial charge on any atom is -0.267 e. The van der Waals surface area contributed by atoms with Crippen LogP contribution in [0.1, 0.15) is 21.5 Å². The van der Waals surface area contributed by atoms with Gasteiger partial charge in [0.2, 0.25) is 0 Å². The fraction of sp³-hybridized carbons (Fsp3) is 0.0476. The normalized spacial score (nSPS) is 10.9. The molecule has 3 rings (SSSR count). The second-order valence-electron chi connectivity index (χ2n) is 5.69. The Bertz CT molecular complexity index is 941. The van der Waals surface area contributed by atoms with Crippen molar-refractivity contribution in [3.63, 3.8) is 0 Å². The Kier molecular flexibility index (Phi) is 6.93. The maximum Gasteiger partial charge on any atom is 0.271 e. The molecule has 0 fully saturated rings. The maximum atomic E-state index is 12.2. The zero-order valence-electron chi connectivity index (χ0n) is 14.2. The van der Waals surface area contributed by atoms with Crippen LogP contribution < -0.4 is 5.43 Å². The Morgan fingerprint density at radius 3 is 2.41 bits per heavy atom. The van der Waals surface area contributed by atoms with Crippen molar-refractivity contribution in [2.24, 2.45) is 5.10 Å². The Balaban J connectivity index is 1.53. The highest BCUT2D eigenvalue weighted by molar-refractivity contribution is 7.98. The van der Waals surface area contributed by atoms with Crippen LogP contribution >= 0.6 is 35.0 Å². The summed E-state index contributed by atoms with van der Waals surface area (Å²) in [4.78, 5) is 13.3. The molecule has 0 bridgehead atoms. The topological polar surface area (TPSA) is 41.5 Å². The molecule has 3 nitrogen and oxygen atoms in total. The SMILES string of the molecule is O=C(N/N=C\c1cccc(Cl)c1)c1ccc(CSc2ccc(Cl)cc2)cc1. The number of hydrogen-bond acceptors (Lipinski definition) is 3. The van der Waals surface area contributed by atoms with E-state index in [4.69, 9.17) is 23.2 Å². The third-order valence-corrected chi connectivity index (χ3v) is 5.23. The summed E-state index contributed by atoms with van der Waals surface area (Å²) in [5, 5.41) is 5.32. The van der Waals surface area contributed by atoms with Gasteiger partial charge in [0.15, 0.2) is 0 Å². The number of halogens is 2. The summed E-state index contributed by atoms with van der Waals surface area (Å²) >= 11 is 13.5. The molecule has 0 saturated heterocycles. The van der Waals surface area contributed by atoms with Crippen molar-refractivity contribution >= 4 is 47.1 Å². The summed E-state index contributed by atoms with van der Waals surface area (Å²) in [7, 11) is 0. The van der Waals surface area contributed by atoms with E-state index in [1.54, 1.807) is 42.2 Å². The first-order valence-electron chi connectivity index (χ1n) is 8.16. The van der Waals surface area contributed by atoms with Crippen molar-refractivity contribution in [2.75, 3.05) is 0 Å². The van der Waals surface area contributed by atoms with Crippen LogP contribution in [-0.4, -0.2) is 12.1 Å². The van der Waals surface area contributed by atoms with E-state index in [9.17, 15) is 4.79 Å². The molecule has 0 unspecified atom stereocenters. The van der Waals surface area contributed by atoms with Gasteiger partial charge in [-0.05, 0) is 59.7 Å². The lowest BCUT2D eigenvalue weighted by molar-refractivity contribution is 0.0955. The lowest BCUT2D eigenvalue weighted by Gasteiger charge is -2.04. The lowest BCUT2D eigenvalue weighted by atomic mass is 10.1. The fourth-order valence-corrected chi connectivity index (χ4v) is 3.45. The summed E-state index contributed by atoms with van der Waals surface area (Å²) in [6, 6.07) is 22.4. The average Bonchev–Trinajstić information content (AvgIpc) is 2.68. The van der Waals surface area contributed by atoms with Crippen LogP contribution in [0.15, 0.2) is 82.8 Å². The number of nitrogens with one attached hydrogen (secondary N) is 1. The standard InChI is InChI=1S/C21H16Cl2N2OS/c22-18-8-10-20(11-9-18)27-14-15-4-6-17(7-5-15)21(26)25-24-13-16-2-1-3-19(23)12-16/h1-13H,14H2,(H,25,26)/b24-13-. The van der Waals surface area contributed by atoms with E-state index in [0.29, 0.717) is 10.6 Å². The molecule has 0 saturated carbocycles. The smallest absolute Gasteiger partial charge is 0.267 e. The van der Waals surface area contributed by atoms with Crippen molar-refractivity contribution in [1.82, 2.24) is 5.43 Å². The van der Waals surface area contributed by atoms with Crippen LogP contribution in [0.3, 0.4) is 0 Å². The molecule has 0 atom stereocenters. The number of amides is 1. The van der Waals surface area contributed by atoms with Crippen LogP contribution in [0.2, 0.25) is 10.0 Å². The van der Waals surface area contributed by atoms with Gasteiger partial charge in [0.25, 0.3) is 5.91 Å². The first-order chi connectivity index (χ1) is 13.1. The number of hydrogen-bond donors (Lipinski definition) is 1. The molecule has 136 valence electrons. The van der Waals surface area contributed by atoms with Gasteiger partial charge < -0.3 is 0 Å². The zero-order chi connectivity index (χ0) is 19.1. The van der Waals surface area contributed by atoms with E-state index in [1.807, 2.05) is 48.5 Å². The summed E-state index contributed by atoms with van der Waals surface area (Å²) in [6.07, 6.45) is 1.56. The van der Waals surface area contributed by atoms with Gasteiger partial charge in [0.1, 0.15) is 0 Å². The number of rotatable bonds is 6. The number of nitrogens with zero attached hydrogens (tertiary/aromatic N) is 1. The Labute approximate surface area is 172 Å². The third-order valence-electron chi connectivity index (χ3n) is 3.66. The van der Waals surface area contributed by atoms with Crippen molar-refractivity contribution in [3.8, 4) is 0 Å². The molecule has 3 aromatic rings. The van der Waals surface area contributed by atoms with Gasteiger partial charge in [-0.2, -0.15) is 5.10 Å². The quantitative estimate of drug-likeness (QED) is 0.303.